The molecule has 1 aliphatic rings. The maximum atomic E-state index is 13.1. The summed E-state index contributed by atoms with van der Waals surface area (Å²) in [5.74, 6) is -0.678. The van der Waals surface area contributed by atoms with Crippen molar-refractivity contribution in [1.29, 1.82) is 0 Å². The molecule has 1 aromatic heterocycles. The van der Waals surface area contributed by atoms with Gasteiger partial charge in [-0.2, -0.15) is 0 Å². The number of hydrogen-bond acceptors (Lipinski definition) is 5. The molecule has 34 heavy (non-hydrogen) atoms. The van der Waals surface area contributed by atoms with Crippen LogP contribution in [0.15, 0.2) is 69.9 Å². The molecule has 0 atom stereocenters. The molecular formula is C26H23ClN4O3. The summed E-state index contributed by atoms with van der Waals surface area (Å²) in [5, 5.41) is 10.2. The number of oxazole rings is 1. The number of aryl methyl sites for hydroxylation is 1. The summed E-state index contributed by atoms with van der Waals surface area (Å²) in [4.78, 5) is 25.1. The van der Waals surface area contributed by atoms with Gasteiger partial charge < -0.3 is 20.4 Å². The minimum absolute atomic E-state index is 0.238. The summed E-state index contributed by atoms with van der Waals surface area (Å²) < 4.78 is 6.85. The van der Waals surface area contributed by atoms with E-state index >= 15 is 0 Å². The van der Waals surface area contributed by atoms with E-state index in [0.29, 0.717) is 38.6 Å². The third-order valence-electron chi connectivity index (χ3n) is 5.86. The summed E-state index contributed by atoms with van der Waals surface area (Å²) in [7, 11) is 1.66. The number of nitrogens with one attached hydrogen (secondary N) is 3. The summed E-state index contributed by atoms with van der Waals surface area (Å²) >= 11 is 6.15. The number of amides is 1. The fourth-order valence-electron chi connectivity index (χ4n) is 4.08. The second-order valence-electron chi connectivity index (χ2n) is 8.11. The van der Waals surface area contributed by atoms with Gasteiger partial charge >= 0.3 is 5.76 Å². The molecule has 0 saturated carbocycles. The Morgan fingerprint density at radius 1 is 1.06 bits per heavy atom. The summed E-state index contributed by atoms with van der Waals surface area (Å²) in [6.07, 6.45) is 0. The highest BCUT2D eigenvalue weighted by molar-refractivity contribution is 6.38. The van der Waals surface area contributed by atoms with E-state index in [1.807, 2.05) is 42.5 Å². The Hall–Kier alpha value is -3.81. The Kier molecular flexibility index (Phi) is 5.73. The lowest BCUT2D eigenvalue weighted by molar-refractivity contribution is -0.110. The summed E-state index contributed by atoms with van der Waals surface area (Å²) in [5.41, 5.74) is 6.31. The van der Waals surface area contributed by atoms with Crippen molar-refractivity contribution in [1.82, 2.24) is 9.88 Å². The third-order valence-corrected chi connectivity index (χ3v) is 6.09. The lowest BCUT2D eigenvalue weighted by atomic mass is 9.99. The van der Waals surface area contributed by atoms with Gasteiger partial charge in [-0.25, -0.2) is 4.79 Å². The van der Waals surface area contributed by atoms with Gasteiger partial charge in [0.1, 0.15) is 0 Å². The number of anilines is 2. The van der Waals surface area contributed by atoms with Crippen LogP contribution >= 0.6 is 11.6 Å². The SMILES string of the molecule is CCNCc1ccc(N/C(=C2\C(=O)Nc3cc(Cl)ccc32)c2ccc3c(c2)oc(=O)n3C)cc1. The molecule has 3 N–H and O–H groups in total. The standard InChI is InChI=1S/C26H23ClN4O3/c1-3-28-14-15-4-8-18(9-5-15)29-24(16-6-11-21-22(12-16)34-26(33)31(21)2)23-19-10-7-17(27)13-20(19)30-25(23)32/h4-13,28-29H,3,14H2,1-2H3,(H,30,32)/b24-23-. The minimum Gasteiger partial charge on any atom is -0.408 e. The topological polar surface area (TPSA) is 88.3 Å². The van der Waals surface area contributed by atoms with Crippen LogP contribution in [-0.2, 0) is 18.4 Å². The lowest BCUT2D eigenvalue weighted by Crippen LogP contribution is -2.12. The van der Waals surface area contributed by atoms with Crippen molar-refractivity contribution in [3.63, 3.8) is 0 Å². The fourth-order valence-corrected chi connectivity index (χ4v) is 4.25. The van der Waals surface area contributed by atoms with E-state index in [0.717, 1.165) is 29.9 Å². The predicted octanol–water partition coefficient (Wildman–Crippen LogP) is 4.83. The zero-order valence-corrected chi connectivity index (χ0v) is 19.5. The van der Waals surface area contributed by atoms with Crippen LogP contribution in [0.3, 0.4) is 0 Å². The van der Waals surface area contributed by atoms with Gasteiger partial charge in [-0.05, 0) is 48.5 Å². The van der Waals surface area contributed by atoms with E-state index in [1.165, 1.54) is 4.57 Å². The Balaban J connectivity index is 1.64. The number of hydrogen-bond donors (Lipinski definition) is 3. The van der Waals surface area contributed by atoms with Gasteiger partial charge in [-0.1, -0.05) is 42.8 Å². The van der Waals surface area contributed by atoms with Crippen molar-refractivity contribution in [3.05, 3.63) is 92.9 Å². The highest BCUT2D eigenvalue weighted by Crippen LogP contribution is 2.39. The molecule has 3 aromatic carbocycles. The number of benzene rings is 3. The summed E-state index contributed by atoms with van der Waals surface area (Å²) in [6, 6.07) is 18.8. The van der Waals surface area contributed by atoms with E-state index in [-0.39, 0.29) is 5.91 Å². The molecule has 0 aliphatic carbocycles. The van der Waals surface area contributed by atoms with Gasteiger partial charge in [-0.3, -0.25) is 9.36 Å². The molecule has 0 unspecified atom stereocenters. The Bertz CT molecular complexity index is 1500. The number of carbonyl (C=O) groups is 1. The second-order valence-corrected chi connectivity index (χ2v) is 8.54. The average Bonchev–Trinajstić information content (AvgIpc) is 3.30. The number of fused-ring (bicyclic) bond motifs is 2. The number of aromatic nitrogens is 1. The van der Waals surface area contributed by atoms with Gasteiger partial charge in [0.25, 0.3) is 5.91 Å². The van der Waals surface area contributed by atoms with Crippen molar-refractivity contribution in [2.75, 3.05) is 17.2 Å². The molecule has 0 spiro atoms. The van der Waals surface area contributed by atoms with Crippen LogP contribution in [0.1, 0.15) is 23.6 Å². The normalized spacial score (nSPS) is 14.3. The molecule has 0 saturated heterocycles. The number of carbonyl (C=O) groups excluding carboxylic acids is 1. The number of halogens is 1. The lowest BCUT2D eigenvalue weighted by Gasteiger charge is -2.15. The predicted molar refractivity (Wildman–Crippen MR) is 136 cm³/mol. The van der Waals surface area contributed by atoms with Crippen molar-refractivity contribution in [2.24, 2.45) is 7.05 Å². The molecule has 0 fully saturated rings. The minimum atomic E-state index is -0.441. The van der Waals surface area contributed by atoms with Gasteiger partial charge in [0, 0.05) is 35.4 Å². The van der Waals surface area contributed by atoms with E-state index in [4.69, 9.17) is 16.0 Å². The monoisotopic (exact) mass is 474 g/mol. The first kappa shape index (κ1) is 22.0. The molecule has 2 heterocycles. The molecule has 8 heteroatoms. The van der Waals surface area contributed by atoms with E-state index in [9.17, 15) is 9.59 Å². The van der Waals surface area contributed by atoms with Crippen LogP contribution in [0.4, 0.5) is 11.4 Å². The van der Waals surface area contributed by atoms with Gasteiger partial charge in [0.2, 0.25) is 0 Å². The first-order valence-electron chi connectivity index (χ1n) is 11.0. The van der Waals surface area contributed by atoms with Crippen molar-refractivity contribution >= 4 is 51.3 Å². The van der Waals surface area contributed by atoms with Crippen molar-refractivity contribution in [3.8, 4) is 0 Å². The molecule has 4 aromatic rings. The Labute approximate surface area is 201 Å². The molecule has 1 aliphatic heterocycles. The highest BCUT2D eigenvalue weighted by Gasteiger charge is 2.29. The van der Waals surface area contributed by atoms with Crippen molar-refractivity contribution < 1.29 is 9.21 Å². The quantitative estimate of drug-likeness (QED) is 0.348. The Morgan fingerprint density at radius 2 is 1.85 bits per heavy atom. The maximum absolute atomic E-state index is 13.1. The number of nitrogens with zero attached hydrogens (tertiary/aromatic N) is 1. The van der Waals surface area contributed by atoms with Crippen molar-refractivity contribution in [2.45, 2.75) is 13.5 Å². The molecule has 172 valence electrons. The maximum Gasteiger partial charge on any atom is 0.419 e. The van der Waals surface area contributed by atoms with Crippen LogP contribution in [0.25, 0.3) is 22.4 Å². The molecule has 7 nitrogen and oxygen atoms in total. The smallest absolute Gasteiger partial charge is 0.408 e. The second kappa shape index (κ2) is 8.85. The van der Waals surface area contributed by atoms with Gasteiger partial charge in [0.05, 0.1) is 22.5 Å². The largest absolute Gasteiger partial charge is 0.419 e. The zero-order valence-electron chi connectivity index (χ0n) is 18.7. The van der Waals surface area contributed by atoms with Gasteiger partial charge in [0.15, 0.2) is 5.58 Å². The van der Waals surface area contributed by atoms with E-state index < -0.39 is 5.76 Å². The van der Waals surface area contributed by atoms with Crippen LogP contribution in [-0.4, -0.2) is 17.0 Å². The third kappa shape index (κ3) is 4.00. The zero-order chi connectivity index (χ0) is 23.8. The molecule has 0 radical (unpaired) electrons. The van der Waals surface area contributed by atoms with Crippen LogP contribution in [0.5, 0.6) is 0 Å². The van der Waals surface area contributed by atoms with Crippen LogP contribution in [0.2, 0.25) is 5.02 Å². The van der Waals surface area contributed by atoms with Crippen LogP contribution in [0, 0.1) is 0 Å². The fraction of sp³-hybridized carbons (Fsp3) is 0.154. The highest BCUT2D eigenvalue weighted by atomic mass is 35.5. The molecule has 1 amide bonds. The molecule has 5 rings (SSSR count). The van der Waals surface area contributed by atoms with Crippen LogP contribution < -0.4 is 21.7 Å². The first-order valence-corrected chi connectivity index (χ1v) is 11.3. The van der Waals surface area contributed by atoms with E-state index in [2.05, 4.69) is 22.9 Å². The molecule has 0 bridgehead atoms. The first-order chi connectivity index (χ1) is 16.4. The Morgan fingerprint density at radius 3 is 2.62 bits per heavy atom. The number of rotatable bonds is 6. The molecular weight excluding hydrogens is 452 g/mol. The van der Waals surface area contributed by atoms with Gasteiger partial charge in [-0.15, -0.1) is 0 Å². The van der Waals surface area contributed by atoms with E-state index in [1.54, 1.807) is 25.2 Å². The summed E-state index contributed by atoms with van der Waals surface area (Å²) in [6.45, 7) is 3.75. The average molecular weight is 475 g/mol.